The van der Waals surface area contributed by atoms with E-state index in [1.54, 1.807) is 0 Å². The minimum atomic E-state index is 0.557. The van der Waals surface area contributed by atoms with E-state index in [9.17, 15) is 0 Å². The summed E-state index contributed by atoms with van der Waals surface area (Å²) >= 11 is 5.72. The molecular weight excluding hydrogens is 264 g/mol. The molecule has 0 bridgehead atoms. The smallest absolute Gasteiger partial charge is 0.0800 e. The van der Waals surface area contributed by atoms with Crippen LogP contribution in [0.1, 0.15) is 38.2 Å². The molecule has 108 valence electrons. The normalized spacial score (nSPS) is 28.1. The van der Waals surface area contributed by atoms with E-state index in [0.717, 1.165) is 18.0 Å². The van der Waals surface area contributed by atoms with Gasteiger partial charge in [0.1, 0.15) is 0 Å². The number of thiocarbonyl (C=S) groups is 1. The van der Waals surface area contributed by atoms with E-state index in [1.807, 2.05) is 0 Å². The number of likely N-dealkylation sites (tertiary alicyclic amines) is 2. The van der Waals surface area contributed by atoms with Crippen molar-refractivity contribution < 1.29 is 0 Å². The van der Waals surface area contributed by atoms with Gasteiger partial charge in [-0.15, -0.1) is 0 Å². The van der Waals surface area contributed by atoms with E-state index < -0.39 is 0 Å². The van der Waals surface area contributed by atoms with E-state index >= 15 is 0 Å². The first kappa shape index (κ1) is 14.0. The standard InChI is InChI=1S/C17H24N2S/c1-14-11-16(18-9-5-6-10-18)12-17(20)19(14)13-15-7-3-2-4-8-15/h2-4,7-8,14,16H,5-6,9-13H2,1H3/t14-,16-/m1/s1. The van der Waals surface area contributed by atoms with Crippen LogP contribution < -0.4 is 0 Å². The Morgan fingerprint density at radius 2 is 1.85 bits per heavy atom. The van der Waals surface area contributed by atoms with E-state index in [-0.39, 0.29) is 0 Å². The molecule has 2 aliphatic rings. The molecular formula is C17H24N2S. The highest BCUT2D eigenvalue weighted by molar-refractivity contribution is 7.80. The van der Waals surface area contributed by atoms with E-state index in [2.05, 4.69) is 47.1 Å². The summed E-state index contributed by atoms with van der Waals surface area (Å²) in [4.78, 5) is 6.24. The molecule has 0 amide bonds. The average molecular weight is 288 g/mol. The van der Waals surface area contributed by atoms with Crippen LogP contribution in [0.25, 0.3) is 0 Å². The molecule has 1 aromatic carbocycles. The summed E-state index contributed by atoms with van der Waals surface area (Å²) in [6.07, 6.45) is 5.07. The highest BCUT2D eigenvalue weighted by Gasteiger charge is 2.32. The van der Waals surface area contributed by atoms with E-state index in [4.69, 9.17) is 12.2 Å². The molecule has 0 N–H and O–H groups in total. The topological polar surface area (TPSA) is 6.48 Å². The Hall–Kier alpha value is -0.930. The van der Waals surface area contributed by atoms with Crippen molar-refractivity contribution in [3.8, 4) is 0 Å². The van der Waals surface area contributed by atoms with Crippen LogP contribution in [-0.4, -0.2) is 40.0 Å². The quantitative estimate of drug-likeness (QED) is 0.787. The van der Waals surface area contributed by atoms with E-state index in [1.165, 1.54) is 37.9 Å². The third kappa shape index (κ3) is 3.04. The fraction of sp³-hybridized carbons (Fsp3) is 0.588. The maximum Gasteiger partial charge on any atom is 0.0800 e. The molecule has 2 saturated heterocycles. The van der Waals surface area contributed by atoms with Gasteiger partial charge in [0.25, 0.3) is 0 Å². The summed E-state index contributed by atoms with van der Waals surface area (Å²) < 4.78 is 0. The van der Waals surface area contributed by atoms with Gasteiger partial charge in [-0.25, -0.2) is 0 Å². The number of hydrogen-bond acceptors (Lipinski definition) is 2. The van der Waals surface area contributed by atoms with Crippen molar-refractivity contribution >= 4 is 17.2 Å². The Morgan fingerprint density at radius 3 is 2.50 bits per heavy atom. The van der Waals surface area contributed by atoms with Crippen LogP contribution in [0.5, 0.6) is 0 Å². The minimum absolute atomic E-state index is 0.557. The van der Waals surface area contributed by atoms with Crippen molar-refractivity contribution in [1.82, 2.24) is 9.80 Å². The summed E-state index contributed by atoms with van der Waals surface area (Å²) in [6.45, 7) is 5.85. The SMILES string of the molecule is C[C@@H]1C[C@@H](N2CCCC2)CC(=S)N1Cc1ccccc1. The highest BCUT2D eigenvalue weighted by Crippen LogP contribution is 2.27. The molecule has 2 fully saturated rings. The van der Waals surface area contributed by atoms with Crippen LogP contribution in [-0.2, 0) is 6.54 Å². The van der Waals surface area contributed by atoms with Crippen molar-refractivity contribution in [3.05, 3.63) is 35.9 Å². The van der Waals surface area contributed by atoms with Crippen LogP contribution in [0.3, 0.4) is 0 Å². The lowest BCUT2D eigenvalue weighted by Gasteiger charge is -2.42. The first-order chi connectivity index (χ1) is 9.74. The van der Waals surface area contributed by atoms with Gasteiger partial charge in [-0.3, -0.25) is 4.90 Å². The summed E-state index contributed by atoms with van der Waals surface area (Å²) in [5.41, 5.74) is 1.36. The van der Waals surface area contributed by atoms with Gasteiger partial charge in [-0.1, -0.05) is 42.5 Å². The summed E-state index contributed by atoms with van der Waals surface area (Å²) in [6, 6.07) is 11.9. The molecule has 2 atom stereocenters. The van der Waals surface area contributed by atoms with Gasteiger partial charge in [0.05, 0.1) is 4.99 Å². The molecule has 0 spiro atoms. The molecule has 0 aromatic heterocycles. The predicted molar refractivity (Wildman–Crippen MR) is 87.9 cm³/mol. The lowest BCUT2D eigenvalue weighted by molar-refractivity contribution is 0.161. The van der Waals surface area contributed by atoms with Crippen LogP contribution >= 0.6 is 12.2 Å². The number of hydrogen-bond donors (Lipinski definition) is 0. The number of benzene rings is 1. The Kier molecular flexibility index (Phi) is 4.37. The van der Waals surface area contributed by atoms with Crippen LogP contribution in [0.4, 0.5) is 0 Å². The van der Waals surface area contributed by atoms with Crippen LogP contribution in [0, 0.1) is 0 Å². The molecule has 3 rings (SSSR count). The zero-order chi connectivity index (χ0) is 13.9. The zero-order valence-electron chi connectivity index (χ0n) is 12.3. The lowest BCUT2D eigenvalue weighted by atomic mass is 9.96. The maximum absolute atomic E-state index is 5.72. The van der Waals surface area contributed by atoms with Crippen LogP contribution in [0.15, 0.2) is 30.3 Å². The van der Waals surface area contributed by atoms with Gasteiger partial charge in [-0.2, -0.15) is 0 Å². The number of nitrogens with zero attached hydrogens (tertiary/aromatic N) is 2. The van der Waals surface area contributed by atoms with Crippen molar-refractivity contribution in [2.75, 3.05) is 13.1 Å². The second-order valence-electron chi connectivity index (χ2n) is 6.19. The molecule has 0 saturated carbocycles. The Balaban J connectivity index is 1.64. The molecule has 0 unspecified atom stereocenters. The largest absolute Gasteiger partial charge is 0.359 e. The Morgan fingerprint density at radius 1 is 1.15 bits per heavy atom. The van der Waals surface area contributed by atoms with Gasteiger partial charge in [-0.05, 0) is 44.8 Å². The molecule has 2 nitrogen and oxygen atoms in total. The predicted octanol–water partition coefficient (Wildman–Crippen LogP) is 3.46. The summed E-state index contributed by atoms with van der Waals surface area (Å²) in [7, 11) is 0. The van der Waals surface area contributed by atoms with E-state index in [0.29, 0.717) is 12.1 Å². The fourth-order valence-electron chi connectivity index (χ4n) is 3.58. The minimum Gasteiger partial charge on any atom is -0.359 e. The number of piperidine rings is 1. The third-order valence-electron chi connectivity index (χ3n) is 4.73. The van der Waals surface area contributed by atoms with Crippen LogP contribution in [0.2, 0.25) is 0 Å². The van der Waals surface area contributed by atoms with Gasteiger partial charge in [0.15, 0.2) is 0 Å². The van der Waals surface area contributed by atoms with Crippen molar-refractivity contribution in [2.45, 2.75) is 51.2 Å². The van der Waals surface area contributed by atoms with Gasteiger partial charge in [0, 0.05) is 25.0 Å². The first-order valence-electron chi connectivity index (χ1n) is 7.81. The lowest BCUT2D eigenvalue weighted by Crippen LogP contribution is -2.50. The molecule has 2 aliphatic heterocycles. The first-order valence-corrected chi connectivity index (χ1v) is 8.22. The summed E-state index contributed by atoms with van der Waals surface area (Å²) in [5.74, 6) is 0. The van der Waals surface area contributed by atoms with Gasteiger partial charge >= 0.3 is 0 Å². The van der Waals surface area contributed by atoms with Gasteiger partial charge < -0.3 is 4.90 Å². The molecule has 0 aliphatic carbocycles. The second kappa shape index (κ2) is 6.23. The maximum atomic E-state index is 5.72. The average Bonchev–Trinajstić information content (AvgIpc) is 2.98. The monoisotopic (exact) mass is 288 g/mol. The zero-order valence-corrected chi connectivity index (χ0v) is 13.1. The third-order valence-corrected chi connectivity index (χ3v) is 5.13. The van der Waals surface area contributed by atoms with Gasteiger partial charge in [0.2, 0.25) is 0 Å². The Bertz CT molecular complexity index is 453. The molecule has 2 heterocycles. The molecule has 1 aromatic rings. The van der Waals surface area contributed by atoms with Crippen molar-refractivity contribution in [3.63, 3.8) is 0 Å². The highest BCUT2D eigenvalue weighted by atomic mass is 32.1. The molecule has 20 heavy (non-hydrogen) atoms. The van der Waals surface area contributed by atoms with Crippen molar-refractivity contribution in [2.24, 2.45) is 0 Å². The van der Waals surface area contributed by atoms with Crippen molar-refractivity contribution in [1.29, 1.82) is 0 Å². The Labute approximate surface area is 127 Å². The second-order valence-corrected chi connectivity index (χ2v) is 6.66. The number of rotatable bonds is 3. The molecule has 3 heteroatoms. The molecule has 0 radical (unpaired) electrons. The fourth-order valence-corrected chi connectivity index (χ4v) is 4.01. The summed E-state index contributed by atoms with van der Waals surface area (Å²) in [5, 5.41) is 0.